The Labute approximate surface area is 115 Å². The number of nitrogens with zero attached hydrogens (tertiary/aromatic N) is 4. The zero-order valence-electron chi connectivity index (χ0n) is 11.2. The van der Waals surface area contributed by atoms with Gasteiger partial charge in [-0.05, 0) is 31.0 Å². The van der Waals surface area contributed by atoms with Gasteiger partial charge in [0.05, 0.1) is 11.9 Å². The topological polar surface area (TPSA) is 76.5 Å². The zero-order chi connectivity index (χ0) is 14.1. The molecule has 0 aliphatic heterocycles. The van der Waals surface area contributed by atoms with Gasteiger partial charge in [-0.25, -0.2) is 19.4 Å². The molecule has 0 aliphatic rings. The van der Waals surface area contributed by atoms with E-state index in [1.54, 1.807) is 18.6 Å². The Morgan fingerprint density at radius 1 is 1.20 bits per heavy atom. The van der Waals surface area contributed by atoms with Crippen molar-refractivity contribution in [1.82, 2.24) is 24.7 Å². The molecule has 0 fully saturated rings. The van der Waals surface area contributed by atoms with E-state index in [0.717, 1.165) is 16.8 Å². The molecule has 0 aliphatic carbocycles. The first-order chi connectivity index (χ1) is 9.66. The summed E-state index contributed by atoms with van der Waals surface area (Å²) in [7, 11) is 0. The van der Waals surface area contributed by atoms with Crippen LogP contribution < -0.4 is 5.69 Å². The van der Waals surface area contributed by atoms with E-state index in [2.05, 4.69) is 20.2 Å². The normalized spacial score (nSPS) is 10.7. The van der Waals surface area contributed by atoms with Gasteiger partial charge in [0.1, 0.15) is 5.69 Å². The highest BCUT2D eigenvalue weighted by atomic mass is 16.1. The third-order valence-electron chi connectivity index (χ3n) is 3.07. The summed E-state index contributed by atoms with van der Waals surface area (Å²) >= 11 is 0. The first-order valence-corrected chi connectivity index (χ1v) is 6.18. The van der Waals surface area contributed by atoms with E-state index in [1.807, 2.05) is 32.0 Å². The molecule has 0 unspecified atom stereocenters. The highest BCUT2D eigenvalue weighted by Gasteiger charge is 2.15. The van der Waals surface area contributed by atoms with Crippen LogP contribution >= 0.6 is 0 Å². The summed E-state index contributed by atoms with van der Waals surface area (Å²) in [6, 6.07) is 5.93. The molecule has 1 aromatic carbocycles. The molecule has 0 saturated heterocycles. The Morgan fingerprint density at radius 2 is 2.05 bits per heavy atom. The van der Waals surface area contributed by atoms with Gasteiger partial charge in [0.25, 0.3) is 0 Å². The first kappa shape index (κ1) is 12.3. The quantitative estimate of drug-likeness (QED) is 0.765. The maximum Gasteiger partial charge on any atom is 0.348 e. The van der Waals surface area contributed by atoms with Gasteiger partial charge < -0.3 is 0 Å². The highest BCUT2D eigenvalue weighted by Crippen LogP contribution is 2.19. The van der Waals surface area contributed by atoms with Gasteiger partial charge in [-0.15, -0.1) is 0 Å². The Hall–Kier alpha value is -2.76. The average Bonchev–Trinajstić information content (AvgIpc) is 2.84. The van der Waals surface area contributed by atoms with Gasteiger partial charge in [-0.1, -0.05) is 12.1 Å². The smallest absolute Gasteiger partial charge is 0.261 e. The Bertz CT molecular complexity index is 804. The highest BCUT2D eigenvalue weighted by molar-refractivity contribution is 5.54. The molecule has 100 valence electrons. The summed E-state index contributed by atoms with van der Waals surface area (Å²) in [4.78, 5) is 20.3. The van der Waals surface area contributed by atoms with Gasteiger partial charge in [0.15, 0.2) is 5.82 Å². The third kappa shape index (κ3) is 2.01. The summed E-state index contributed by atoms with van der Waals surface area (Å²) < 4.78 is 1.52. The number of aromatic nitrogens is 5. The second kappa shape index (κ2) is 4.73. The van der Waals surface area contributed by atoms with Crippen molar-refractivity contribution in [2.75, 3.05) is 0 Å². The number of rotatable bonds is 2. The lowest BCUT2D eigenvalue weighted by Crippen LogP contribution is -2.17. The number of hydrogen-bond acceptors (Lipinski definition) is 4. The predicted octanol–water partition coefficient (Wildman–Crippen LogP) is 1.63. The maximum absolute atomic E-state index is 12.1. The summed E-state index contributed by atoms with van der Waals surface area (Å²) in [6.45, 7) is 3.94. The molecule has 0 atom stereocenters. The van der Waals surface area contributed by atoms with E-state index in [1.165, 1.54) is 4.57 Å². The van der Waals surface area contributed by atoms with Gasteiger partial charge in [-0.3, -0.25) is 4.98 Å². The SMILES string of the molecule is Cc1ccc(C)c(-n2c(-c3cnccn3)n[nH]c2=O)c1. The molecule has 0 bridgehead atoms. The van der Waals surface area contributed by atoms with Crippen LogP contribution in [0.25, 0.3) is 17.2 Å². The van der Waals surface area contributed by atoms with E-state index < -0.39 is 0 Å². The van der Waals surface area contributed by atoms with E-state index >= 15 is 0 Å². The van der Waals surface area contributed by atoms with Crippen molar-refractivity contribution in [2.45, 2.75) is 13.8 Å². The van der Waals surface area contributed by atoms with Crippen molar-refractivity contribution in [1.29, 1.82) is 0 Å². The standard InChI is InChI=1S/C14H13N5O/c1-9-3-4-10(2)12(7-9)19-13(17-18-14(19)20)11-8-15-5-6-16-11/h3-8H,1-2H3,(H,18,20). The van der Waals surface area contributed by atoms with E-state index in [0.29, 0.717) is 11.5 Å². The van der Waals surface area contributed by atoms with Crippen molar-refractivity contribution in [3.8, 4) is 17.2 Å². The van der Waals surface area contributed by atoms with Crippen LogP contribution in [-0.2, 0) is 0 Å². The number of hydrogen-bond donors (Lipinski definition) is 1. The van der Waals surface area contributed by atoms with Crippen molar-refractivity contribution in [2.24, 2.45) is 0 Å². The first-order valence-electron chi connectivity index (χ1n) is 6.18. The molecule has 1 N–H and O–H groups in total. The Kier molecular flexibility index (Phi) is 2.90. The van der Waals surface area contributed by atoms with Crippen LogP contribution in [0.4, 0.5) is 0 Å². The van der Waals surface area contributed by atoms with Gasteiger partial charge >= 0.3 is 5.69 Å². The summed E-state index contributed by atoms with van der Waals surface area (Å²) in [6.07, 6.45) is 4.73. The molecule has 6 nitrogen and oxygen atoms in total. The van der Waals surface area contributed by atoms with E-state index in [4.69, 9.17) is 0 Å². The minimum absolute atomic E-state index is 0.292. The number of aromatic amines is 1. The maximum atomic E-state index is 12.1. The average molecular weight is 267 g/mol. The largest absolute Gasteiger partial charge is 0.348 e. The van der Waals surface area contributed by atoms with E-state index in [-0.39, 0.29) is 5.69 Å². The lowest BCUT2D eigenvalue weighted by atomic mass is 10.1. The third-order valence-corrected chi connectivity index (χ3v) is 3.07. The Balaban J connectivity index is 2.27. The molecule has 3 aromatic rings. The molecule has 3 rings (SSSR count). The summed E-state index contributed by atoms with van der Waals surface area (Å²) in [5.74, 6) is 0.455. The fourth-order valence-electron chi connectivity index (χ4n) is 2.07. The molecule has 0 amide bonds. The molecule has 0 radical (unpaired) electrons. The van der Waals surface area contributed by atoms with Crippen LogP contribution in [0, 0.1) is 13.8 Å². The molecular formula is C14H13N5O. The van der Waals surface area contributed by atoms with Crippen molar-refractivity contribution in [3.63, 3.8) is 0 Å². The molecule has 2 heterocycles. The van der Waals surface area contributed by atoms with Crippen molar-refractivity contribution in [3.05, 3.63) is 58.4 Å². The molecule has 6 heteroatoms. The van der Waals surface area contributed by atoms with E-state index in [9.17, 15) is 4.79 Å². The van der Waals surface area contributed by atoms with Crippen molar-refractivity contribution < 1.29 is 0 Å². The second-order valence-corrected chi connectivity index (χ2v) is 4.57. The van der Waals surface area contributed by atoms with Crippen LogP contribution in [0.1, 0.15) is 11.1 Å². The van der Waals surface area contributed by atoms with Gasteiger partial charge in [-0.2, -0.15) is 5.10 Å². The number of benzene rings is 1. The van der Waals surface area contributed by atoms with Crippen LogP contribution in [0.5, 0.6) is 0 Å². The Morgan fingerprint density at radius 3 is 2.80 bits per heavy atom. The van der Waals surface area contributed by atoms with Crippen LogP contribution in [0.3, 0.4) is 0 Å². The van der Waals surface area contributed by atoms with Crippen LogP contribution in [-0.4, -0.2) is 24.7 Å². The minimum atomic E-state index is -0.292. The van der Waals surface area contributed by atoms with Crippen molar-refractivity contribution >= 4 is 0 Å². The predicted molar refractivity (Wildman–Crippen MR) is 74.7 cm³/mol. The summed E-state index contributed by atoms with van der Waals surface area (Å²) in [5, 5.41) is 6.53. The molecule has 2 aromatic heterocycles. The molecule has 0 spiro atoms. The number of aryl methyl sites for hydroxylation is 2. The lowest BCUT2D eigenvalue weighted by Gasteiger charge is -2.09. The number of H-pyrrole nitrogens is 1. The van der Waals surface area contributed by atoms with Crippen LogP contribution in [0.15, 0.2) is 41.6 Å². The monoisotopic (exact) mass is 267 g/mol. The fourth-order valence-corrected chi connectivity index (χ4v) is 2.07. The summed E-state index contributed by atoms with van der Waals surface area (Å²) in [5.41, 5.74) is 3.11. The molecule has 0 saturated carbocycles. The minimum Gasteiger partial charge on any atom is -0.261 e. The second-order valence-electron chi connectivity index (χ2n) is 4.57. The fraction of sp³-hybridized carbons (Fsp3) is 0.143. The molecule has 20 heavy (non-hydrogen) atoms. The van der Waals surface area contributed by atoms with Gasteiger partial charge in [0.2, 0.25) is 0 Å². The van der Waals surface area contributed by atoms with Crippen LogP contribution in [0.2, 0.25) is 0 Å². The zero-order valence-corrected chi connectivity index (χ0v) is 11.2. The number of nitrogens with one attached hydrogen (secondary N) is 1. The van der Waals surface area contributed by atoms with Gasteiger partial charge in [0, 0.05) is 12.4 Å². The molecular weight excluding hydrogens is 254 g/mol. The lowest BCUT2D eigenvalue weighted by molar-refractivity contribution is 0.969.